The average Bonchev–Trinajstić information content (AvgIpc) is 2.46. The molecule has 1 aliphatic heterocycles. The van der Waals surface area contributed by atoms with Crippen molar-refractivity contribution >= 4 is 8.32 Å². The van der Waals surface area contributed by atoms with Crippen molar-refractivity contribution in [1.29, 1.82) is 0 Å². The Morgan fingerprint density at radius 3 is 2.41 bits per heavy atom. The second-order valence-electron chi connectivity index (χ2n) is 7.46. The van der Waals surface area contributed by atoms with Gasteiger partial charge in [0.2, 0.25) is 8.32 Å². The van der Waals surface area contributed by atoms with Gasteiger partial charge in [-0.25, -0.2) is 0 Å². The van der Waals surface area contributed by atoms with E-state index >= 15 is 0 Å². The van der Waals surface area contributed by atoms with Crippen LogP contribution in [0, 0.1) is 0 Å². The Morgan fingerprint density at radius 1 is 1.23 bits per heavy atom. The zero-order chi connectivity index (χ0) is 16.4. The fourth-order valence-electron chi connectivity index (χ4n) is 2.27. The normalized spacial score (nSPS) is 23.1. The molecular weight excluding hydrogens is 292 g/mol. The molecule has 122 valence electrons. The number of aliphatic hydroxyl groups excluding tert-OH is 1. The average molecular weight is 321 g/mol. The second kappa shape index (κ2) is 6.57. The van der Waals surface area contributed by atoms with E-state index in [0.29, 0.717) is 0 Å². The Morgan fingerprint density at radius 2 is 1.86 bits per heavy atom. The van der Waals surface area contributed by atoms with Crippen molar-refractivity contribution in [1.82, 2.24) is 0 Å². The Labute approximate surface area is 135 Å². The van der Waals surface area contributed by atoms with Gasteiger partial charge in [0.05, 0.1) is 18.5 Å². The van der Waals surface area contributed by atoms with Gasteiger partial charge in [0.1, 0.15) is 6.10 Å². The van der Waals surface area contributed by atoms with Crippen molar-refractivity contribution in [2.75, 3.05) is 6.61 Å². The van der Waals surface area contributed by atoms with Gasteiger partial charge in [-0.1, -0.05) is 51.1 Å². The molecule has 0 fully saturated rings. The third-order valence-corrected chi connectivity index (χ3v) is 9.03. The van der Waals surface area contributed by atoms with Crippen LogP contribution in [0.15, 0.2) is 42.2 Å². The van der Waals surface area contributed by atoms with Crippen molar-refractivity contribution in [3.8, 4) is 0 Å². The van der Waals surface area contributed by atoms with Crippen molar-refractivity contribution in [3.05, 3.63) is 47.7 Å². The molecule has 1 aliphatic rings. The minimum absolute atomic E-state index is 0.0201. The quantitative estimate of drug-likeness (QED) is 0.835. The Kier molecular flexibility index (Phi) is 5.15. The lowest BCUT2D eigenvalue weighted by Crippen LogP contribution is -2.41. The highest BCUT2D eigenvalue weighted by molar-refractivity contribution is 6.74. The molecule has 0 saturated carbocycles. The lowest BCUT2D eigenvalue weighted by Gasteiger charge is -2.39. The van der Waals surface area contributed by atoms with E-state index in [1.54, 1.807) is 0 Å². The fourth-order valence-corrected chi connectivity index (χ4v) is 3.39. The minimum atomic E-state index is -1.87. The minimum Gasteiger partial charge on any atom is -0.547 e. The van der Waals surface area contributed by atoms with Crippen molar-refractivity contribution in [2.24, 2.45) is 0 Å². The zero-order valence-electron chi connectivity index (χ0n) is 14.3. The highest BCUT2D eigenvalue weighted by Crippen LogP contribution is 2.40. The molecule has 0 radical (unpaired) electrons. The molecule has 0 amide bonds. The van der Waals surface area contributed by atoms with Crippen LogP contribution in [-0.2, 0) is 9.16 Å². The number of rotatable bonds is 4. The number of hydrogen-bond acceptors (Lipinski definition) is 3. The summed E-state index contributed by atoms with van der Waals surface area (Å²) in [6.07, 6.45) is 2.33. The standard InChI is InChI=1S/C18H28O3Si/c1-18(2,3)22(4,5)21-15-11-16(13-19)20-17(12-15)14-9-7-6-8-10-14/h6-11,16-17,19H,12-13H2,1-5H3/t16-,17+/m1/s1. The van der Waals surface area contributed by atoms with Gasteiger partial charge in [0.15, 0.2) is 0 Å². The van der Waals surface area contributed by atoms with E-state index in [1.165, 1.54) is 0 Å². The first kappa shape index (κ1) is 17.3. The molecule has 2 rings (SSSR count). The summed E-state index contributed by atoms with van der Waals surface area (Å²) in [5.74, 6) is 0.964. The van der Waals surface area contributed by atoms with Gasteiger partial charge < -0.3 is 14.3 Å². The van der Waals surface area contributed by atoms with E-state index in [4.69, 9.17) is 9.16 Å². The van der Waals surface area contributed by atoms with Crippen LogP contribution in [0.4, 0.5) is 0 Å². The van der Waals surface area contributed by atoms with Crippen molar-refractivity contribution in [2.45, 2.75) is 57.5 Å². The van der Waals surface area contributed by atoms with Crippen LogP contribution >= 0.6 is 0 Å². The molecular formula is C18H28O3Si. The molecule has 0 saturated heterocycles. The van der Waals surface area contributed by atoms with E-state index < -0.39 is 8.32 Å². The molecule has 0 unspecified atom stereocenters. The first-order valence-electron chi connectivity index (χ1n) is 7.94. The van der Waals surface area contributed by atoms with Crippen LogP contribution in [0.2, 0.25) is 18.1 Å². The van der Waals surface area contributed by atoms with Crippen molar-refractivity contribution in [3.63, 3.8) is 0 Å². The van der Waals surface area contributed by atoms with Crippen LogP contribution in [0.3, 0.4) is 0 Å². The highest BCUT2D eigenvalue weighted by atomic mass is 28.4. The Hall–Kier alpha value is -1.10. The fraction of sp³-hybridized carbons (Fsp3) is 0.556. The maximum absolute atomic E-state index is 9.52. The highest BCUT2D eigenvalue weighted by Gasteiger charge is 2.40. The number of ether oxygens (including phenoxy) is 1. The number of hydrogen-bond donors (Lipinski definition) is 1. The second-order valence-corrected chi connectivity index (χ2v) is 12.2. The van der Waals surface area contributed by atoms with Crippen LogP contribution in [-0.4, -0.2) is 26.1 Å². The van der Waals surface area contributed by atoms with Gasteiger partial charge in [0, 0.05) is 6.42 Å². The van der Waals surface area contributed by atoms with Gasteiger partial charge in [-0.2, -0.15) is 0 Å². The molecule has 0 bridgehead atoms. The molecule has 2 atom stereocenters. The first-order chi connectivity index (χ1) is 10.2. The van der Waals surface area contributed by atoms with Gasteiger partial charge in [-0.3, -0.25) is 0 Å². The SMILES string of the molecule is CC(C)(C)[Si](C)(C)OC1=C[C@H](CO)O[C@H](c2ccccc2)C1. The lowest BCUT2D eigenvalue weighted by molar-refractivity contribution is -0.0321. The summed E-state index contributed by atoms with van der Waals surface area (Å²) >= 11 is 0. The topological polar surface area (TPSA) is 38.7 Å². The zero-order valence-corrected chi connectivity index (χ0v) is 15.3. The Bertz CT molecular complexity index is 517. The number of aliphatic hydroxyl groups is 1. The summed E-state index contributed by atoms with van der Waals surface area (Å²) in [5, 5.41) is 9.67. The van der Waals surface area contributed by atoms with Crippen LogP contribution < -0.4 is 0 Å². The Balaban J connectivity index is 2.19. The van der Waals surface area contributed by atoms with Crippen LogP contribution in [0.1, 0.15) is 38.9 Å². The van der Waals surface area contributed by atoms with Gasteiger partial charge >= 0.3 is 0 Å². The van der Waals surface area contributed by atoms with Gasteiger partial charge in [-0.05, 0) is 29.8 Å². The summed E-state index contributed by atoms with van der Waals surface area (Å²) in [6, 6.07) is 10.2. The predicted octanol–water partition coefficient (Wildman–Crippen LogP) is 4.41. The maximum atomic E-state index is 9.52. The summed E-state index contributed by atoms with van der Waals surface area (Å²) < 4.78 is 12.4. The molecule has 1 heterocycles. The molecule has 3 nitrogen and oxygen atoms in total. The maximum Gasteiger partial charge on any atom is 0.250 e. The predicted molar refractivity (Wildman–Crippen MR) is 92.1 cm³/mol. The van der Waals surface area contributed by atoms with Crippen LogP contribution in [0.25, 0.3) is 0 Å². The van der Waals surface area contributed by atoms with E-state index in [-0.39, 0.29) is 23.9 Å². The summed E-state index contributed by atoms with van der Waals surface area (Å²) in [5.41, 5.74) is 1.13. The van der Waals surface area contributed by atoms with Crippen molar-refractivity contribution < 1.29 is 14.3 Å². The monoisotopic (exact) mass is 320 g/mol. The van der Waals surface area contributed by atoms with E-state index in [9.17, 15) is 5.11 Å². The molecule has 0 aliphatic carbocycles. The summed E-state index contributed by atoms with van der Waals surface area (Å²) in [7, 11) is -1.87. The van der Waals surface area contributed by atoms with Gasteiger partial charge in [-0.15, -0.1) is 0 Å². The third kappa shape index (κ3) is 4.00. The molecule has 1 aromatic carbocycles. The van der Waals surface area contributed by atoms with E-state index in [0.717, 1.165) is 17.7 Å². The van der Waals surface area contributed by atoms with E-state index in [1.807, 2.05) is 24.3 Å². The smallest absolute Gasteiger partial charge is 0.250 e. The summed E-state index contributed by atoms with van der Waals surface area (Å²) in [6.45, 7) is 11.2. The molecule has 22 heavy (non-hydrogen) atoms. The molecule has 1 N–H and O–H groups in total. The number of benzene rings is 1. The summed E-state index contributed by atoms with van der Waals surface area (Å²) in [4.78, 5) is 0. The molecule has 0 aromatic heterocycles. The first-order valence-corrected chi connectivity index (χ1v) is 10.8. The lowest BCUT2D eigenvalue weighted by atomic mass is 10.0. The molecule has 0 spiro atoms. The van der Waals surface area contributed by atoms with Crippen LogP contribution in [0.5, 0.6) is 0 Å². The van der Waals surface area contributed by atoms with Gasteiger partial charge in [0.25, 0.3) is 0 Å². The molecule has 1 aromatic rings. The van der Waals surface area contributed by atoms with E-state index in [2.05, 4.69) is 46.0 Å². The third-order valence-electron chi connectivity index (χ3n) is 4.64. The largest absolute Gasteiger partial charge is 0.547 e. The molecule has 4 heteroatoms.